The van der Waals surface area contributed by atoms with Gasteiger partial charge in [-0.05, 0) is 54.7 Å². The van der Waals surface area contributed by atoms with Gasteiger partial charge in [0.15, 0.2) is 14.6 Å². The first-order valence-corrected chi connectivity index (χ1v) is 10.8. The molecular weight excluding hydrogens is 380 g/mol. The summed E-state index contributed by atoms with van der Waals surface area (Å²) in [4.78, 5) is 12.6. The fourth-order valence-electron chi connectivity index (χ4n) is 3.30. The summed E-state index contributed by atoms with van der Waals surface area (Å²) in [6, 6.07) is 8.17. The third-order valence-corrected chi connectivity index (χ3v) is 7.80. The maximum absolute atomic E-state index is 12.6. The molecule has 1 aliphatic heterocycles. The predicted molar refractivity (Wildman–Crippen MR) is 105 cm³/mol. The third-order valence-electron chi connectivity index (χ3n) is 4.78. The number of benzene rings is 1. The van der Waals surface area contributed by atoms with Crippen LogP contribution in [0.25, 0.3) is 10.1 Å². The number of amides is 1. The van der Waals surface area contributed by atoms with E-state index in [0.717, 1.165) is 0 Å². The van der Waals surface area contributed by atoms with E-state index in [2.05, 4.69) is 28.1 Å². The lowest BCUT2D eigenvalue weighted by molar-refractivity contribution is -0.124. The van der Waals surface area contributed by atoms with Gasteiger partial charge in [-0.2, -0.15) is 0 Å². The minimum atomic E-state index is -3.46. The van der Waals surface area contributed by atoms with Crippen LogP contribution in [0.3, 0.4) is 0 Å². The summed E-state index contributed by atoms with van der Waals surface area (Å²) in [6.07, 6.45) is 2.54. The van der Waals surface area contributed by atoms with Crippen molar-refractivity contribution in [1.82, 2.24) is 10.6 Å². The Morgan fingerprint density at radius 2 is 1.96 bits per heavy atom. The Bertz CT molecular complexity index is 842. The summed E-state index contributed by atoms with van der Waals surface area (Å²) >= 11 is 1.69. The average molecular weight is 403 g/mol. The Morgan fingerprint density at radius 1 is 1.28 bits per heavy atom. The molecule has 5 nitrogen and oxygen atoms in total. The smallest absolute Gasteiger partial charge is 0.241 e. The Labute approximate surface area is 158 Å². The second-order valence-electron chi connectivity index (χ2n) is 6.28. The molecule has 138 valence electrons. The van der Waals surface area contributed by atoms with Crippen molar-refractivity contribution in [3.05, 3.63) is 35.2 Å². The van der Waals surface area contributed by atoms with Crippen molar-refractivity contribution >= 4 is 49.6 Å². The zero-order chi connectivity index (χ0) is 17.2. The second kappa shape index (κ2) is 8.03. The van der Waals surface area contributed by atoms with Gasteiger partial charge in [0.05, 0.1) is 0 Å². The van der Waals surface area contributed by atoms with Crippen molar-refractivity contribution in [3.63, 3.8) is 0 Å². The fourth-order valence-corrected chi connectivity index (χ4v) is 5.65. The van der Waals surface area contributed by atoms with Gasteiger partial charge in [0.2, 0.25) is 5.91 Å². The molecule has 0 saturated carbocycles. The van der Waals surface area contributed by atoms with E-state index in [4.69, 9.17) is 0 Å². The molecule has 0 aliphatic carbocycles. The number of piperidine rings is 1. The predicted octanol–water partition coefficient (Wildman–Crippen LogP) is 2.15. The van der Waals surface area contributed by atoms with E-state index >= 15 is 0 Å². The van der Waals surface area contributed by atoms with Gasteiger partial charge in [-0.25, -0.2) is 8.42 Å². The first kappa shape index (κ1) is 20.2. The number of nitrogens with one attached hydrogen (secondary N) is 2. The molecule has 0 spiro atoms. The van der Waals surface area contributed by atoms with Gasteiger partial charge >= 0.3 is 0 Å². The van der Waals surface area contributed by atoms with Crippen LogP contribution in [-0.2, 0) is 21.1 Å². The maximum Gasteiger partial charge on any atom is 0.241 e. The number of carbonyl (C=O) groups excluding carboxylic acids is 1. The molecule has 1 saturated heterocycles. The summed E-state index contributed by atoms with van der Waals surface area (Å²) in [5, 5.41) is 9.29. The number of thiophene rings is 1. The highest BCUT2D eigenvalue weighted by molar-refractivity contribution is 7.92. The number of hydrogen-bond donors (Lipinski definition) is 2. The Kier molecular flexibility index (Phi) is 6.48. The van der Waals surface area contributed by atoms with Crippen molar-refractivity contribution < 1.29 is 13.2 Å². The average Bonchev–Trinajstić information content (AvgIpc) is 2.98. The van der Waals surface area contributed by atoms with Gasteiger partial charge in [0, 0.05) is 17.5 Å². The van der Waals surface area contributed by atoms with Crippen LogP contribution in [0.15, 0.2) is 29.6 Å². The third kappa shape index (κ3) is 4.00. The zero-order valence-electron chi connectivity index (χ0n) is 14.1. The van der Waals surface area contributed by atoms with Gasteiger partial charge < -0.3 is 10.6 Å². The Morgan fingerprint density at radius 3 is 2.64 bits per heavy atom. The molecular formula is C17H23ClN2O3S2. The SMILES string of the molecule is CS(=O)(=O)C1(C(=O)NCCc2csc3ccccc23)CCNCC1.Cl. The lowest BCUT2D eigenvalue weighted by Crippen LogP contribution is -2.57. The van der Waals surface area contributed by atoms with E-state index in [1.54, 1.807) is 11.3 Å². The summed E-state index contributed by atoms with van der Waals surface area (Å²) in [7, 11) is -3.46. The molecule has 0 unspecified atom stereocenters. The van der Waals surface area contributed by atoms with E-state index in [-0.39, 0.29) is 18.3 Å². The molecule has 1 aromatic carbocycles. The quantitative estimate of drug-likeness (QED) is 0.803. The molecule has 1 aliphatic rings. The number of fused-ring (bicyclic) bond motifs is 1. The maximum atomic E-state index is 12.6. The molecule has 2 aromatic rings. The molecule has 1 fully saturated rings. The largest absolute Gasteiger partial charge is 0.354 e. The monoisotopic (exact) mass is 402 g/mol. The Balaban J connectivity index is 0.00000225. The first-order chi connectivity index (χ1) is 11.4. The summed E-state index contributed by atoms with van der Waals surface area (Å²) < 4.78 is 24.4. The molecule has 25 heavy (non-hydrogen) atoms. The van der Waals surface area contributed by atoms with E-state index < -0.39 is 14.6 Å². The van der Waals surface area contributed by atoms with Crippen molar-refractivity contribution in [2.24, 2.45) is 0 Å². The number of halogens is 1. The topological polar surface area (TPSA) is 75.3 Å². The molecule has 0 bridgehead atoms. The van der Waals surface area contributed by atoms with Crippen LogP contribution in [-0.4, -0.2) is 45.0 Å². The molecule has 2 N–H and O–H groups in total. The number of carbonyl (C=O) groups is 1. The highest BCUT2D eigenvalue weighted by Crippen LogP contribution is 2.28. The van der Waals surface area contributed by atoms with Crippen molar-refractivity contribution in [1.29, 1.82) is 0 Å². The molecule has 1 amide bonds. The number of sulfone groups is 1. The standard InChI is InChI=1S/C17H22N2O3S2.ClH/c1-24(21,22)17(7-10-18-11-8-17)16(20)19-9-6-13-12-23-15-5-3-2-4-14(13)15;/h2-5,12,18H,6-11H2,1H3,(H,19,20);1H. The minimum Gasteiger partial charge on any atom is -0.354 e. The van der Waals surface area contributed by atoms with Crippen LogP contribution < -0.4 is 10.6 Å². The lowest BCUT2D eigenvalue weighted by Gasteiger charge is -2.34. The lowest BCUT2D eigenvalue weighted by atomic mass is 9.95. The molecule has 0 atom stereocenters. The van der Waals surface area contributed by atoms with Gasteiger partial charge in [0.25, 0.3) is 0 Å². The van der Waals surface area contributed by atoms with Crippen LogP contribution in [0, 0.1) is 0 Å². The molecule has 8 heteroatoms. The molecule has 2 heterocycles. The van der Waals surface area contributed by atoms with E-state index in [1.807, 2.05) is 12.1 Å². The number of rotatable bonds is 5. The zero-order valence-corrected chi connectivity index (χ0v) is 16.5. The first-order valence-electron chi connectivity index (χ1n) is 8.08. The summed E-state index contributed by atoms with van der Waals surface area (Å²) in [5.74, 6) is -0.356. The minimum absolute atomic E-state index is 0. The normalized spacial score (nSPS) is 17.0. The van der Waals surface area contributed by atoms with E-state index in [9.17, 15) is 13.2 Å². The fraction of sp³-hybridized carbons (Fsp3) is 0.471. The Hall–Kier alpha value is -1.15. The van der Waals surface area contributed by atoms with Crippen LogP contribution in [0.4, 0.5) is 0 Å². The van der Waals surface area contributed by atoms with E-state index in [0.29, 0.717) is 38.9 Å². The van der Waals surface area contributed by atoms with Gasteiger partial charge in [-0.1, -0.05) is 18.2 Å². The van der Waals surface area contributed by atoms with Crippen LogP contribution in [0.1, 0.15) is 18.4 Å². The van der Waals surface area contributed by atoms with Gasteiger partial charge in [-0.3, -0.25) is 4.79 Å². The molecule has 0 radical (unpaired) electrons. The van der Waals surface area contributed by atoms with Crippen LogP contribution >= 0.6 is 23.7 Å². The van der Waals surface area contributed by atoms with E-state index in [1.165, 1.54) is 21.9 Å². The van der Waals surface area contributed by atoms with Gasteiger partial charge in [0.1, 0.15) is 0 Å². The van der Waals surface area contributed by atoms with Crippen molar-refractivity contribution in [3.8, 4) is 0 Å². The molecule has 3 rings (SSSR count). The molecule has 1 aromatic heterocycles. The summed E-state index contributed by atoms with van der Waals surface area (Å²) in [6.45, 7) is 1.55. The van der Waals surface area contributed by atoms with Gasteiger partial charge in [-0.15, -0.1) is 23.7 Å². The van der Waals surface area contributed by atoms with Crippen molar-refractivity contribution in [2.75, 3.05) is 25.9 Å². The highest BCUT2D eigenvalue weighted by Gasteiger charge is 2.48. The second-order valence-corrected chi connectivity index (χ2v) is 9.52. The van der Waals surface area contributed by atoms with Crippen molar-refractivity contribution in [2.45, 2.75) is 24.0 Å². The highest BCUT2D eigenvalue weighted by atomic mass is 35.5. The van der Waals surface area contributed by atoms with Crippen LogP contribution in [0.2, 0.25) is 0 Å². The summed E-state index contributed by atoms with van der Waals surface area (Å²) in [5.41, 5.74) is 1.19. The van der Waals surface area contributed by atoms with Crippen LogP contribution in [0.5, 0.6) is 0 Å². The number of hydrogen-bond acceptors (Lipinski definition) is 5.